The normalized spacial score (nSPS) is 15.9. The number of nitrogens with zero attached hydrogens (tertiary/aromatic N) is 5. The van der Waals surface area contributed by atoms with Gasteiger partial charge in [-0.15, -0.1) is 10.2 Å². The van der Waals surface area contributed by atoms with Gasteiger partial charge in [-0.1, -0.05) is 99.1 Å². The van der Waals surface area contributed by atoms with E-state index in [9.17, 15) is 4.79 Å². The van der Waals surface area contributed by atoms with Gasteiger partial charge in [0.15, 0.2) is 6.04 Å². The molecule has 1 aromatic heterocycles. The van der Waals surface area contributed by atoms with Gasteiger partial charge < -0.3 is 5.73 Å². The Bertz CT molecular complexity index is 1070. The molecule has 1 aliphatic rings. The third-order valence-electron chi connectivity index (χ3n) is 8.88. The standard InChI is InChI=1S/C34H58N6O/c1-8-9-10-12-17-27(29-20-19-28(24(2)3)30(25(4)5)31(29)26(6)7)18-13-11-14-23-40-37-34(36-38-40)32(33(35)41)39-21-15-16-22-39/h19-20,24-27,32H,8-18,21-23H2,1-7H3,(H2,35,41). The van der Waals surface area contributed by atoms with Crippen molar-refractivity contribution in [1.82, 2.24) is 25.1 Å². The molecular weight excluding hydrogens is 508 g/mol. The predicted octanol–water partition coefficient (Wildman–Crippen LogP) is 7.98. The number of primary amides is 1. The average Bonchev–Trinajstić information content (AvgIpc) is 3.61. The maximum atomic E-state index is 12.1. The highest BCUT2D eigenvalue weighted by atomic mass is 16.1. The van der Waals surface area contributed by atoms with Crippen LogP contribution in [0.25, 0.3) is 0 Å². The maximum Gasteiger partial charge on any atom is 0.242 e. The number of rotatable bonds is 18. The average molecular weight is 567 g/mol. The Morgan fingerprint density at radius 2 is 1.41 bits per heavy atom. The van der Waals surface area contributed by atoms with Crippen LogP contribution in [-0.2, 0) is 11.3 Å². The number of carbonyl (C=O) groups excluding carboxylic acids is 1. The van der Waals surface area contributed by atoms with Gasteiger partial charge in [-0.05, 0) is 96.3 Å². The minimum atomic E-state index is -0.562. The zero-order valence-corrected chi connectivity index (χ0v) is 27.2. The van der Waals surface area contributed by atoms with Gasteiger partial charge in [0.05, 0.1) is 6.54 Å². The van der Waals surface area contributed by atoms with Crippen LogP contribution in [0.2, 0.25) is 0 Å². The molecule has 2 aromatic rings. The van der Waals surface area contributed by atoms with Crippen molar-refractivity contribution in [3.8, 4) is 0 Å². The fourth-order valence-electron chi connectivity index (χ4n) is 6.84. The molecule has 1 aromatic carbocycles. The Hall–Kier alpha value is -2.28. The van der Waals surface area contributed by atoms with Gasteiger partial charge >= 0.3 is 0 Å². The third kappa shape index (κ3) is 9.10. The first kappa shape index (κ1) is 33.2. The van der Waals surface area contributed by atoms with Gasteiger partial charge in [0.1, 0.15) is 0 Å². The number of aromatic nitrogens is 4. The maximum absolute atomic E-state index is 12.1. The largest absolute Gasteiger partial charge is 0.368 e. The number of aryl methyl sites for hydroxylation is 1. The zero-order chi connectivity index (χ0) is 29.9. The van der Waals surface area contributed by atoms with Crippen LogP contribution in [-0.4, -0.2) is 44.1 Å². The summed E-state index contributed by atoms with van der Waals surface area (Å²) >= 11 is 0. The molecule has 3 rings (SSSR count). The van der Waals surface area contributed by atoms with Gasteiger partial charge in [-0.3, -0.25) is 9.69 Å². The highest BCUT2D eigenvalue weighted by molar-refractivity contribution is 5.80. The van der Waals surface area contributed by atoms with Crippen molar-refractivity contribution in [2.45, 2.75) is 155 Å². The van der Waals surface area contributed by atoms with E-state index >= 15 is 0 Å². The van der Waals surface area contributed by atoms with E-state index in [1.54, 1.807) is 21.5 Å². The third-order valence-corrected chi connectivity index (χ3v) is 8.88. The minimum absolute atomic E-state index is 0.390. The van der Waals surface area contributed by atoms with E-state index in [4.69, 9.17) is 5.73 Å². The van der Waals surface area contributed by atoms with E-state index in [2.05, 4.69) is 80.9 Å². The summed E-state index contributed by atoms with van der Waals surface area (Å²) in [6.07, 6.45) is 13.2. The molecule has 0 bridgehead atoms. The van der Waals surface area contributed by atoms with Crippen molar-refractivity contribution in [1.29, 1.82) is 0 Å². The van der Waals surface area contributed by atoms with Crippen molar-refractivity contribution >= 4 is 5.91 Å². The van der Waals surface area contributed by atoms with Crippen LogP contribution in [0.3, 0.4) is 0 Å². The highest BCUT2D eigenvalue weighted by Crippen LogP contribution is 2.41. The molecule has 2 unspecified atom stereocenters. The van der Waals surface area contributed by atoms with Gasteiger partial charge in [-0.25, -0.2) is 0 Å². The highest BCUT2D eigenvalue weighted by Gasteiger charge is 2.32. The summed E-state index contributed by atoms with van der Waals surface area (Å²) in [6, 6.07) is 4.36. The second-order valence-corrected chi connectivity index (χ2v) is 13.2. The Balaban J connectivity index is 1.66. The second kappa shape index (κ2) is 16.4. The summed E-state index contributed by atoms with van der Waals surface area (Å²) in [5.41, 5.74) is 12.1. The summed E-state index contributed by atoms with van der Waals surface area (Å²) < 4.78 is 0. The van der Waals surface area contributed by atoms with Crippen molar-refractivity contribution in [2.75, 3.05) is 13.1 Å². The van der Waals surface area contributed by atoms with Gasteiger partial charge in [-0.2, -0.15) is 4.80 Å². The monoisotopic (exact) mass is 566 g/mol. The molecule has 1 saturated heterocycles. The second-order valence-electron chi connectivity index (χ2n) is 13.2. The molecule has 7 heteroatoms. The number of likely N-dealkylation sites (tertiary alicyclic amines) is 1. The quantitative estimate of drug-likeness (QED) is 0.185. The predicted molar refractivity (Wildman–Crippen MR) is 169 cm³/mol. The minimum Gasteiger partial charge on any atom is -0.368 e. The van der Waals surface area contributed by atoms with Crippen molar-refractivity contribution < 1.29 is 4.79 Å². The molecule has 1 fully saturated rings. The van der Waals surface area contributed by atoms with Crippen LogP contribution in [0.5, 0.6) is 0 Å². The smallest absolute Gasteiger partial charge is 0.242 e. The number of carbonyl (C=O) groups is 1. The molecule has 2 atom stereocenters. The fraction of sp³-hybridized carbons (Fsp3) is 0.765. The SMILES string of the molecule is CCCCCCC(CCCCCn1nnc(C(C(N)=O)N2CCCC2)n1)c1ccc(C(C)C)c(C(C)C)c1C(C)C. The number of unbranched alkanes of at least 4 members (excludes halogenated alkanes) is 5. The molecule has 230 valence electrons. The van der Waals surface area contributed by atoms with Crippen LogP contribution in [0.4, 0.5) is 0 Å². The summed E-state index contributed by atoms with van der Waals surface area (Å²) in [6.45, 7) is 18.9. The van der Waals surface area contributed by atoms with Gasteiger partial charge in [0.25, 0.3) is 0 Å². The Morgan fingerprint density at radius 3 is 1.98 bits per heavy atom. The van der Waals surface area contributed by atoms with Crippen LogP contribution >= 0.6 is 0 Å². The molecule has 1 aliphatic heterocycles. The van der Waals surface area contributed by atoms with Crippen molar-refractivity contribution in [3.05, 3.63) is 40.2 Å². The van der Waals surface area contributed by atoms with Crippen LogP contribution in [0.1, 0.15) is 177 Å². The van der Waals surface area contributed by atoms with Crippen LogP contribution < -0.4 is 5.73 Å². The Labute approximate surface area is 250 Å². The molecule has 0 saturated carbocycles. The van der Waals surface area contributed by atoms with Gasteiger partial charge in [0.2, 0.25) is 11.7 Å². The van der Waals surface area contributed by atoms with Gasteiger partial charge in [0, 0.05) is 0 Å². The van der Waals surface area contributed by atoms with Crippen molar-refractivity contribution in [2.24, 2.45) is 5.73 Å². The summed E-state index contributed by atoms with van der Waals surface area (Å²) in [5.74, 6) is 2.26. The first-order valence-electron chi connectivity index (χ1n) is 16.6. The summed E-state index contributed by atoms with van der Waals surface area (Å²) in [5, 5.41) is 13.0. The lowest BCUT2D eigenvalue weighted by Gasteiger charge is -2.29. The van der Waals surface area contributed by atoms with E-state index < -0.39 is 6.04 Å². The first-order valence-corrected chi connectivity index (χ1v) is 16.6. The number of tetrazole rings is 1. The Morgan fingerprint density at radius 1 is 0.829 bits per heavy atom. The number of benzene rings is 1. The first-order chi connectivity index (χ1) is 19.6. The van der Waals surface area contributed by atoms with Crippen molar-refractivity contribution in [3.63, 3.8) is 0 Å². The lowest BCUT2D eigenvalue weighted by atomic mass is 9.76. The number of hydrogen-bond donors (Lipinski definition) is 1. The van der Waals surface area contributed by atoms with E-state index in [1.807, 2.05) is 0 Å². The number of amides is 1. The molecule has 0 aliphatic carbocycles. The number of nitrogens with two attached hydrogens (primary N) is 1. The molecule has 0 spiro atoms. The van der Waals surface area contributed by atoms with E-state index in [0.717, 1.165) is 45.3 Å². The summed E-state index contributed by atoms with van der Waals surface area (Å²) in [7, 11) is 0. The van der Waals surface area contributed by atoms with Crippen LogP contribution in [0.15, 0.2) is 12.1 Å². The molecule has 1 amide bonds. The molecule has 7 nitrogen and oxygen atoms in total. The topological polar surface area (TPSA) is 89.9 Å². The molecule has 0 radical (unpaired) electrons. The van der Waals surface area contributed by atoms with Crippen LogP contribution in [0, 0.1) is 0 Å². The van der Waals surface area contributed by atoms with E-state index in [1.165, 1.54) is 50.5 Å². The van der Waals surface area contributed by atoms with E-state index in [0.29, 0.717) is 29.5 Å². The molecule has 41 heavy (non-hydrogen) atoms. The number of hydrogen-bond acceptors (Lipinski definition) is 5. The molecule has 2 heterocycles. The van der Waals surface area contributed by atoms with E-state index in [-0.39, 0.29) is 5.91 Å². The molecular formula is C34H58N6O. The zero-order valence-electron chi connectivity index (χ0n) is 27.2. The summed E-state index contributed by atoms with van der Waals surface area (Å²) in [4.78, 5) is 15.9. The Kier molecular flexibility index (Phi) is 13.3. The lowest BCUT2D eigenvalue weighted by Crippen LogP contribution is -2.36. The lowest BCUT2D eigenvalue weighted by molar-refractivity contribution is -0.123. The molecule has 2 N–H and O–H groups in total. The fourth-order valence-corrected chi connectivity index (χ4v) is 6.84.